The summed E-state index contributed by atoms with van der Waals surface area (Å²) in [4.78, 5) is 39.3. The molecule has 1 atom stereocenters. The van der Waals surface area contributed by atoms with Gasteiger partial charge in [0.15, 0.2) is 0 Å². The van der Waals surface area contributed by atoms with Gasteiger partial charge in [-0.25, -0.2) is 4.79 Å². The lowest BCUT2D eigenvalue weighted by Crippen LogP contribution is -2.52. The van der Waals surface area contributed by atoms with Crippen LogP contribution in [-0.2, 0) is 19.9 Å². The molecule has 2 aliphatic heterocycles. The van der Waals surface area contributed by atoms with Gasteiger partial charge in [-0.15, -0.1) is 0 Å². The molecule has 0 aliphatic carbocycles. The Balaban J connectivity index is 1.71. The van der Waals surface area contributed by atoms with Gasteiger partial charge >= 0.3 is 6.03 Å². The van der Waals surface area contributed by atoms with E-state index in [1.54, 1.807) is 12.1 Å². The lowest BCUT2D eigenvalue weighted by atomic mass is 9.87. The summed E-state index contributed by atoms with van der Waals surface area (Å²) in [6.45, 7) is 4.38. The summed E-state index contributed by atoms with van der Waals surface area (Å²) >= 11 is 0. The number of hydrogen-bond donors (Lipinski definition) is 2. The molecule has 1 aromatic rings. The fourth-order valence-corrected chi connectivity index (χ4v) is 3.16. The zero-order chi connectivity index (χ0) is 17.9. The predicted molar refractivity (Wildman–Crippen MR) is 89.2 cm³/mol. The topological polar surface area (TPSA) is 91.0 Å². The fourth-order valence-electron chi connectivity index (χ4n) is 3.16. The molecule has 25 heavy (non-hydrogen) atoms. The first-order valence-electron chi connectivity index (χ1n) is 8.38. The number of nitrogens with one attached hydrogen (secondary N) is 2. The summed E-state index contributed by atoms with van der Waals surface area (Å²) in [5.74, 6) is -0.869. The first-order valence-corrected chi connectivity index (χ1v) is 8.38. The van der Waals surface area contributed by atoms with Crippen LogP contribution >= 0.6 is 0 Å². The SMILES string of the molecule is CC[C@@]1(c2ccccc2)NC(=O)N(NC(=O)CN2CCOCC2)C1=O. The van der Waals surface area contributed by atoms with Crippen LogP contribution in [0.2, 0.25) is 0 Å². The Labute approximate surface area is 146 Å². The van der Waals surface area contributed by atoms with Gasteiger partial charge < -0.3 is 10.1 Å². The quantitative estimate of drug-likeness (QED) is 0.744. The van der Waals surface area contributed by atoms with Gasteiger partial charge in [-0.05, 0) is 12.0 Å². The number of nitrogens with zero attached hydrogens (tertiary/aromatic N) is 2. The molecule has 1 aromatic carbocycles. The van der Waals surface area contributed by atoms with E-state index in [2.05, 4.69) is 10.7 Å². The number of urea groups is 1. The molecule has 2 N–H and O–H groups in total. The summed E-state index contributed by atoms with van der Waals surface area (Å²) in [6.07, 6.45) is 0.386. The van der Waals surface area contributed by atoms with Gasteiger partial charge in [-0.2, -0.15) is 5.01 Å². The van der Waals surface area contributed by atoms with Crippen LogP contribution in [0.1, 0.15) is 18.9 Å². The van der Waals surface area contributed by atoms with Gasteiger partial charge in [0.2, 0.25) is 0 Å². The second-order valence-electron chi connectivity index (χ2n) is 6.12. The molecule has 134 valence electrons. The Morgan fingerprint density at radius 2 is 1.92 bits per heavy atom. The largest absolute Gasteiger partial charge is 0.379 e. The van der Waals surface area contributed by atoms with Crippen LogP contribution in [0.3, 0.4) is 0 Å². The van der Waals surface area contributed by atoms with Crippen molar-refractivity contribution in [3.05, 3.63) is 35.9 Å². The molecule has 8 heteroatoms. The molecule has 0 saturated carbocycles. The summed E-state index contributed by atoms with van der Waals surface area (Å²) in [5, 5.41) is 3.52. The van der Waals surface area contributed by atoms with Crippen molar-refractivity contribution >= 4 is 17.8 Å². The third-order valence-electron chi connectivity index (χ3n) is 4.60. The van der Waals surface area contributed by atoms with Crippen molar-refractivity contribution in [2.45, 2.75) is 18.9 Å². The summed E-state index contributed by atoms with van der Waals surface area (Å²) in [7, 11) is 0. The molecule has 2 saturated heterocycles. The Morgan fingerprint density at radius 3 is 2.56 bits per heavy atom. The zero-order valence-electron chi connectivity index (χ0n) is 14.2. The van der Waals surface area contributed by atoms with E-state index in [4.69, 9.17) is 4.74 Å². The minimum Gasteiger partial charge on any atom is -0.379 e. The number of imide groups is 1. The fraction of sp³-hybridized carbons (Fsp3) is 0.471. The van der Waals surface area contributed by atoms with Crippen molar-refractivity contribution in [3.8, 4) is 0 Å². The number of carbonyl (C=O) groups is 3. The van der Waals surface area contributed by atoms with Crippen LogP contribution in [0, 0.1) is 0 Å². The molecule has 2 heterocycles. The summed E-state index contributed by atoms with van der Waals surface area (Å²) in [5.41, 5.74) is 1.98. The maximum absolute atomic E-state index is 12.9. The molecule has 0 bridgehead atoms. The second-order valence-corrected chi connectivity index (χ2v) is 6.12. The highest BCUT2D eigenvalue weighted by molar-refractivity contribution is 6.08. The number of morpholine rings is 1. The predicted octanol–water partition coefficient (Wildman–Crippen LogP) is 0.207. The number of hydrogen-bond acceptors (Lipinski definition) is 5. The van der Waals surface area contributed by atoms with Gasteiger partial charge in [-0.1, -0.05) is 37.3 Å². The lowest BCUT2D eigenvalue weighted by Gasteiger charge is -2.27. The first-order chi connectivity index (χ1) is 12.1. The van der Waals surface area contributed by atoms with E-state index in [0.29, 0.717) is 38.3 Å². The molecule has 0 unspecified atom stereocenters. The maximum Gasteiger partial charge on any atom is 0.344 e. The highest BCUT2D eigenvalue weighted by Gasteiger charge is 2.52. The molecule has 2 fully saturated rings. The van der Waals surface area contributed by atoms with Crippen LogP contribution in [0.25, 0.3) is 0 Å². The van der Waals surface area contributed by atoms with Crippen molar-refractivity contribution in [1.82, 2.24) is 20.7 Å². The first kappa shape index (κ1) is 17.4. The molecule has 0 aromatic heterocycles. The minimum absolute atomic E-state index is 0.116. The maximum atomic E-state index is 12.9. The zero-order valence-corrected chi connectivity index (χ0v) is 14.2. The van der Waals surface area contributed by atoms with Crippen molar-refractivity contribution in [2.75, 3.05) is 32.8 Å². The van der Waals surface area contributed by atoms with Crippen LogP contribution in [0.15, 0.2) is 30.3 Å². The van der Waals surface area contributed by atoms with Crippen molar-refractivity contribution in [2.24, 2.45) is 0 Å². The lowest BCUT2D eigenvalue weighted by molar-refractivity contribution is -0.140. The number of hydrazine groups is 1. The average molecular weight is 346 g/mol. The monoisotopic (exact) mass is 346 g/mol. The van der Waals surface area contributed by atoms with Crippen LogP contribution in [0.4, 0.5) is 4.79 Å². The number of carbonyl (C=O) groups excluding carboxylic acids is 3. The highest BCUT2D eigenvalue weighted by atomic mass is 16.5. The molecule has 3 rings (SSSR count). The van der Waals surface area contributed by atoms with Gasteiger partial charge in [0.25, 0.3) is 11.8 Å². The Kier molecular flexibility index (Phi) is 5.00. The standard InChI is InChI=1S/C17H22N4O4/c1-2-17(13-6-4-3-5-7-13)15(23)21(16(24)18-17)19-14(22)12-20-8-10-25-11-9-20/h3-7H,2,8-12H2,1H3,(H,18,24)(H,19,22)/t17-/m0/s1. The number of ether oxygens (including phenoxy) is 1. The second kappa shape index (κ2) is 7.20. The third kappa shape index (κ3) is 3.35. The van der Waals surface area contributed by atoms with Gasteiger partial charge in [0.1, 0.15) is 5.54 Å². The van der Waals surface area contributed by atoms with E-state index < -0.39 is 23.4 Å². The molecule has 8 nitrogen and oxygen atoms in total. The smallest absolute Gasteiger partial charge is 0.344 e. The Morgan fingerprint density at radius 1 is 1.24 bits per heavy atom. The Hall–Kier alpha value is -2.45. The van der Waals surface area contributed by atoms with E-state index in [-0.39, 0.29) is 6.54 Å². The minimum atomic E-state index is -1.15. The van der Waals surface area contributed by atoms with E-state index >= 15 is 0 Å². The average Bonchev–Trinajstić information content (AvgIpc) is 2.88. The van der Waals surface area contributed by atoms with Crippen LogP contribution < -0.4 is 10.7 Å². The molecular weight excluding hydrogens is 324 g/mol. The van der Waals surface area contributed by atoms with E-state index in [0.717, 1.165) is 5.01 Å². The summed E-state index contributed by atoms with van der Waals surface area (Å²) in [6, 6.07) is 8.43. The van der Waals surface area contributed by atoms with Crippen molar-refractivity contribution in [1.29, 1.82) is 0 Å². The van der Waals surface area contributed by atoms with Crippen LogP contribution in [-0.4, -0.2) is 60.6 Å². The summed E-state index contributed by atoms with van der Waals surface area (Å²) < 4.78 is 5.24. The van der Waals surface area contributed by atoms with Gasteiger partial charge in [0.05, 0.1) is 19.8 Å². The van der Waals surface area contributed by atoms with Gasteiger partial charge in [0, 0.05) is 13.1 Å². The molecule has 0 radical (unpaired) electrons. The Bertz CT molecular complexity index is 660. The van der Waals surface area contributed by atoms with E-state index in [1.807, 2.05) is 30.0 Å². The molecule has 4 amide bonds. The van der Waals surface area contributed by atoms with Crippen molar-refractivity contribution < 1.29 is 19.1 Å². The number of benzene rings is 1. The van der Waals surface area contributed by atoms with E-state index in [9.17, 15) is 14.4 Å². The van der Waals surface area contributed by atoms with E-state index in [1.165, 1.54) is 0 Å². The van der Waals surface area contributed by atoms with Gasteiger partial charge in [-0.3, -0.25) is 19.9 Å². The normalized spacial score (nSPS) is 24.3. The molecular formula is C17H22N4O4. The molecule has 2 aliphatic rings. The van der Waals surface area contributed by atoms with Crippen molar-refractivity contribution in [3.63, 3.8) is 0 Å². The highest BCUT2D eigenvalue weighted by Crippen LogP contribution is 2.31. The third-order valence-corrected chi connectivity index (χ3v) is 4.60. The number of amides is 4. The molecule has 0 spiro atoms. The van der Waals surface area contributed by atoms with Crippen LogP contribution in [0.5, 0.6) is 0 Å². The number of rotatable bonds is 5.